The summed E-state index contributed by atoms with van der Waals surface area (Å²) in [5.74, 6) is 1.05. The number of fused-ring (bicyclic) bond motifs is 1. The Bertz CT molecular complexity index is 945. The van der Waals surface area contributed by atoms with Crippen LogP contribution in [0.15, 0.2) is 47.5 Å². The fraction of sp³-hybridized carbons (Fsp3) is 0.350. The van der Waals surface area contributed by atoms with Crippen molar-refractivity contribution < 1.29 is 0 Å². The fourth-order valence-corrected chi connectivity index (χ4v) is 3.45. The largest absolute Gasteiger partial charge is 0.354 e. The van der Waals surface area contributed by atoms with E-state index in [2.05, 4.69) is 30.8 Å². The van der Waals surface area contributed by atoms with Crippen LogP contribution in [0.4, 0.5) is 5.82 Å². The number of piperazine rings is 1. The minimum Gasteiger partial charge on any atom is -0.354 e. The summed E-state index contributed by atoms with van der Waals surface area (Å²) in [5.41, 5.74) is 3.57. The molecule has 0 bridgehead atoms. The Morgan fingerprint density at radius 1 is 1.12 bits per heavy atom. The van der Waals surface area contributed by atoms with Crippen molar-refractivity contribution in [1.29, 1.82) is 0 Å². The first-order valence-electron chi connectivity index (χ1n) is 9.12. The molecule has 0 aliphatic carbocycles. The number of aryl methyl sites for hydroxylation is 1. The van der Waals surface area contributed by atoms with Gasteiger partial charge in [0.15, 0.2) is 0 Å². The first kappa shape index (κ1) is 16.7. The maximum absolute atomic E-state index is 12.0. The van der Waals surface area contributed by atoms with Crippen molar-refractivity contribution in [1.82, 2.24) is 19.9 Å². The van der Waals surface area contributed by atoms with Crippen molar-refractivity contribution >= 4 is 16.9 Å². The van der Waals surface area contributed by atoms with E-state index < -0.39 is 0 Å². The molecule has 1 saturated heterocycles. The minimum atomic E-state index is -0.0112. The molecule has 1 aliphatic rings. The van der Waals surface area contributed by atoms with Crippen molar-refractivity contribution in [2.24, 2.45) is 0 Å². The van der Waals surface area contributed by atoms with Crippen LogP contribution in [0.5, 0.6) is 0 Å². The monoisotopic (exact) mass is 349 g/mol. The van der Waals surface area contributed by atoms with E-state index in [1.54, 1.807) is 0 Å². The Morgan fingerprint density at radius 3 is 2.69 bits per heavy atom. The number of hydrogen-bond acceptors (Lipinski definition) is 5. The molecule has 3 aromatic heterocycles. The van der Waals surface area contributed by atoms with Crippen LogP contribution < -0.4 is 10.5 Å². The first-order chi connectivity index (χ1) is 12.7. The second-order valence-corrected chi connectivity index (χ2v) is 6.70. The molecular weight excluding hydrogens is 326 g/mol. The third-order valence-corrected chi connectivity index (χ3v) is 4.96. The van der Waals surface area contributed by atoms with Gasteiger partial charge in [0.05, 0.1) is 11.0 Å². The van der Waals surface area contributed by atoms with E-state index in [0.29, 0.717) is 0 Å². The van der Waals surface area contributed by atoms with Gasteiger partial charge in [0.1, 0.15) is 5.82 Å². The molecule has 134 valence electrons. The smallest absolute Gasteiger partial charge is 0.251 e. The standard InChI is InChI=1S/C20H23N5O/c1-2-16-12-17-18(23-20(16)26)11-15(13-22-17)14-24-7-9-25(10-8-24)19-5-3-4-6-21-19/h3-6,11-13H,2,7-10,14H2,1H3,(H,23,26). The lowest BCUT2D eigenvalue weighted by atomic mass is 10.1. The molecule has 3 aromatic rings. The van der Waals surface area contributed by atoms with E-state index >= 15 is 0 Å². The molecule has 1 aliphatic heterocycles. The third-order valence-electron chi connectivity index (χ3n) is 4.96. The highest BCUT2D eigenvalue weighted by atomic mass is 16.1. The average Bonchev–Trinajstić information content (AvgIpc) is 2.69. The number of aromatic nitrogens is 3. The predicted octanol–water partition coefficient (Wildman–Crippen LogP) is 2.20. The second kappa shape index (κ2) is 7.25. The molecule has 26 heavy (non-hydrogen) atoms. The van der Waals surface area contributed by atoms with Crippen molar-refractivity contribution in [3.8, 4) is 0 Å². The van der Waals surface area contributed by atoms with E-state index in [9.17, 15) is 4.79 Å². The molecule has 0 aromatic carbocycles. The number of H-pyrrole nitrogens is 1. The summed E-state index contributed by atoms with van der Waals surface area (Å²) in [6, 6.07) is 9.97. The lowest BCUT2D eigenvalue weighted by molar-refractivity contribution is 0.249. The van der Waals surface area contributed by atoms with Gasteiger partial charge in [-0.15, -0.1) is 0 Å². The summed E-state index contributed by atoms with van der Waals surface area (Å²) in [6.45, 7) is 6.73. The highest BCUT2D eigenvalue weighted by Gasteiger charge is 2.18. The number of aromatic amines is 1. The molecule has 6 nitrogen and oxygen atoms in total. The van der Waals surface area contributed by atoms with Gasteiger partial charge < -0.3 is 9.88 Å². The molecule has 0 atom stereocenters. The van der Waals surface area contributed by atoms with Crippen LogP contribution in [0.1, 0.15) is 18.1 Å². The summed E-state index contributed by atoms with van der Waals surface area (Å²) in [7, 11) is 0. The molecular formula is C20H23N5O. The lowest BCUT2D eigenvalue weighted by Crippen LogP contribution is -2.46. The summed E-state index contributed by atoms with van der Waals surface area (Å²) in [4.78, 5) is 28.7. The van der Waals surface area contributed by atoms with E-state index in [4.69, 9.17) is 0 Å². The number of rotatable bonds is 4. The number of anilines is 1. The van der Waals surface area contributed by atoms with Gasteiger partial charge in [-0.05, 0) is 36.2 Å². The molecule has 0 saturated carbocycles. The van der Waals surface area contributed by atoms with Gasteiger partial charge in [-0.25, -0.2) is 4.98 Å². The van der Waals surface area contributed by atoms with Gasteiger partial charge in [0.2, 0.25) is 0 Å². The van der Waals surface area contributed by atoms with Gasteiger partial charge in [-0.3, -0.25) is 14.7 Å². The lowest BCUT2D eigenvalue weighted by Gasteiger charge is -2.35. The number of nitrogens with zero attached hydrogens (tertiary/aromatic N) is 4. The Hall–Kier alpha value is -2.73. The average molecular weight is 349 g/mol. The summed E-state index contributed by atoms with van der Waals surface area (Å²) in [6.07, 6.45) is 4.48. The summed E-state index contributed by atoms with van der Waals surface area (Å²) >= 11 is 0. The summed E-state index contributed by atoms with van der Waals surface area (Å²) < 4.78 is 0. The Morgan fingerprint density at radius 2 is 1.96 bits per heavy atom. The zero-order valence-corrected chi connectivity index (χ0v) is 15.0. The molecule has 0 radical (unpaired) electrons. The maximum Gasteiger partial charge on any atom is 0.251 e. The van der Waals surface area contributed by atoms with Crippen LogP contribution in [0.3, 0.4) is 0 Å². The molecule has 6 heteroatoms. The highest BCUT2D eigenvalue weighted by molar-refractivity contribution is 5.74. The van der Waals surface area contributed by atoms with Gasteiger partial charge in [0.25, 0.3) is 5.56 Å². The van der Waals surface area contributed by atoms with Crippen molar-refractivity contribution in [3.63, 3.8) is 0 Å². The maximum atomic E-state index is 12.0. The van der Waals surface area contributed by atoms with Gasteiger partial charge >= 0.3 is 0 Å². The molecule has 1 N–H and O–H groups in total. The number of nitrogens with one attached hydrogen (secondary N) is 1. The Kier molecular flexibility index (Phi) is 4.67. The van der Waals surface area contributed by atoms with Crippen molar-refractivity contribution in [3.05, 3.63) is 64.2 Å². The second-order valence-electron chi connectivity index (χ2n) is 6.70. The first-order valence-corrected chi connectivity index (χ1v) is 9.12. The molecule has 4 heterocycles. The quantitative estimate of drug-likeness (QED) is 0.782. The van der Waals surface area contributed by atoms with Crippen LogP contribution in [-0.4, -0.2) is 46.0 Å². The number of pyridine rings is 3. The van der Waals surface area contributed by atoms with E-state index in [1.165, 1.54) is 0 Å². The van der Waals surface area contributed by atoms with Crippen LogP contribution in [0, 0.1) is 0 Å². The Labute approximate surface area is 152 Å². The fourth-order valence-electron chi connectivity index (χ4n) is 3.45. The van der Waals surface area contributed by atoms with Gasteiger partial charge in [-0.1, -0.05) is 13.0 Å². The van der Waals surface area contributed by atoms with Crippen molar-refractivity contribution in [2.75, 3.05) is 31.1 Å². The predicted molar refractivity (Wildman–Crippen MR) is 103 cm³/mol. The SMILES string of the molecule is CCc1cc2ncc(CN3CCN(c4ccccn4)CC3)cc2[nH]c1=O. The molecule has 1 fully saturated rings. The van der Waals surface area contributed by atoms with Crippen LogP contribution in [-0.2, 0) is 13.0 Å². The molecule has 0 amide bonds. The van der Waals surface area contributed by atoms with E-state index in [0.717, 1.165) is 67.1 Å². The van der Waals surface area contributed by atoms with Crippen molar-refractivity contribution in [2.45, 2.75) is 19.9 Å². The zero-order chi connectivity index (χ0) is 17.9. The van der Waals surface area contributed by atoms with Gasteiger partial charge in [0, 0.05) is 50.7 Å². The molecule has 4 rings (SSSR count). The molecule has 0 unspecified atom stereocenters. The topological polar surface area (TPSA) is 65.1 Å². The molecule has 0 spiro atoms. The van der Waals surface area contributed by atoms with E-state index in [1.807, 2.05) is 43.6 Å². The normalized spacial score (nSPS) is 15.5. The minimum absolute atomic E-state index is 0.0112. The third kappa shape index (κ3) is 3.46. The summed E-state index contributed by atoms with van der Waals surface area (Å²) in [5, 5.41) is 0. The van der Waals surface area contributed by atoms with Crippen LogP contribution in [0.25, 0.3) is 11.0 Å². The van der Waals surface area contributed by atoms with Crippen LogP contribution >= 0.6 is 0 Å². The highest BCUT2D eigenvalue weighted by Crippen LogP contribution is 2.16. The van der Waals surface area contributed by atoms with Gasteiger partial charge in [-0.2, -0.15) is 0 Å². The zero-order valence-electron chi connectivity index (χ0n) is 15.0. The van der Waals surface area contributed by atoms with E-state index in [-0.39, 0.29) is 5.56 Å². The Balaban J connectivity index is 1.44. The van der Waals surface area contributed by atoms with Crippen LogP contribution in [0.2, 0.25) is 0 Å². The number of hydrogen-bond donors (Lipinski definition) is 1.